The van der Waals surface area contributed by atoms with Gasteiger partial charge >= 0.3 is 5.63 Å². The second-order valence-corrected chi connectivity index (χ2v) is 7.55. The van der Waals surface area contributed by atoms with E-state index in [1.54, 1.807) is 6.07 Å². The van der Waals surface area contributed by atoms with Crippen LogP contribution in [0.2, 0.25) is 0 Å². The Morgan fingerprint density at radius 3 is 2.61 bits per heavy atom. The van der Waals surface area contributed by atoms with Crippen LogP contribution in [-0.4, -0.2) is 6.73 Å². The summed E-state index contributed by atoms with van der Waals surface area (Å²) in [7, 11) is 0. The van der Waals surface area contributed by atoms with Gasteiger partial charge in [0.15, 0.2) is 6.73 Å². The molecule has 1 aliphatic heterocycles. The lowest BCUT2D eigenvalue weighted by atomic mass is 9.99. The Morgan fingerprint density at radius 2 is 1.89 bits per heavy atom. The second-order valence-electron chi connectivity index (χ2n) is 7.55. The molecular weight excluding hydrogens is 350 g/mol. The summed E-state index contributed by atoms with van der Waals surface area (Å²) in [6.07, 6.45) is 4.36. The Balaban J connectivity index is 1.67. The van der Waals surface area contributed by atoms with Gasteiger partial charge in [0.25, 0.3) is 0 Å². The molecule has 0 amide bonds. The van der Waals surface area contributed by atoms with Crippen molar-refractivity contribution in [3.63, 3.8) is 0 Å². The van der Waals surface area contributed by atoms with Crippen LogP contribution < -0.4 is 15.3 Å². The summed E-state index contributed by atoms with van der Waals surface area (Å²) in [5, 5.41) is 1.01. The van der Waals surface area contributed by atoms with Crippen LogP contribution in [0.25, 0.3) is 11.0 Å². The van der Waals surface area contributed by atoms with Crippen LogP contribution in [0, 0.1) is 6.92 Å². The standard InChI is InChI=1S/C24H27NO3/c1-4-6-7-17-8-10-20(11-9-17)25-14-19-12-21-18(5-2)13-22(26)28-24(21)16(3)23(19)27-15-25/h8-13H,4-7,14-15H2,1-3H3. The van der Waals surface area contributed by atoms with Gasteiger partial charge in [0.05, 0.1) is 0 Å². The summed E-state index contributed by atoms with van der Waals surface area (Å²) in [6.45, 7) is 7.53. The van der Waals surface area contributed by atoms with Gasteiger partial charge in [0.2, 0.25) is 0 Å². The number of ether oxygens (including phenoxy) is 1. The quantitative estimate of drug-likeness (QED) is 0.561. The van der Waals surface area contributed by atoms with Crippen LogP contribution in [-0.2, 0) is 19.4 Å². The zero-order chi connectivity index (χ0) is 19.7. The van der Waals surface area contributed by atoms with Crippen LogP contribution in [0.3, 0.4) is 0 Å². The minimum absolute atomic E-state index is 0.298. The SMILES string of the molecule is CCCCc1ccc(N2COc3c(cc4c(CC)cc(=O)oc4c3C)C2)cc1. The summed E-state index contributed by atoms with van der Waals surface area (Å²) in [4.78, 5) is 14.1. The number of hydrogen-bond donors (Lipinski definition) is 0. The zero-order valence-corrected chi connectivity index (χ0v) is 16.9. The fourth-order valence-electron chi connectivity index (χ4n) is 4.00. The molecule has 4 rings (SSSR count). The summed E-state index contributed by atoms with van der Waals surface area (Å²) in [6, 6.07) is 12.5. The molecule has 28 heavy (non-hydrogen) atoms. The maximum atomic E-state index is 11.9. The Morgan fingerprint density at radius 1 is 1.11 bits per heavy atom. The molecular formula is C24H27NO3. The first-order valence-corrected chi connectivity index (χ1v) is 10.2. The smallest absolute Gasteiger partial charge is 0.336 e. The molecule has 146 valence electrons. The third kappa shape index (κ3) is 3.39. The highest BCUT2D eigenvalue weighted by Gasteiger charge is 2.23. The molecule has 0 N–H and O–H groups in total. The summed E-state index contributed by atoms with van der Waals surface area (Å²) in [5.41, 5.74) is 5.97. The van der Waals surface area contributed by atoms with Crippen molar-refractivity contribution in [1.82, 2.24) is 0 Å². The molecule has 1 aliphatic rings. The van der Waals surface area contributed by atoms with E-state index in [9.17, 15) is 4.79 Å². The Labute approximate surface area is 165 Å². The van der Waals surface area contributed by atoms with E-state index < -0.39 is 0 Å². The lowest BCUT2D eigenvalue weighted by Gasteiger charge is -2.32. The van der Waals surface area contributed by atoms with Crippen molar-refractivity contribution < 1.29 is 9.15 Å². The first-order valence-electron chi connectivity index (χ1n) is 10.2. The molecule has 0 unspecified atom stereocenters. The van der Waals surface area contributed by atoms with E-state index in [2.05, 4.69) is 49.1 Å². The van der Waals surface area contributed by atoms with Gasteiger partial charge in [-0.3, -0.25) is 0 Å². The molecule has 0 aliphatic carbocycles. The van der Waals surface area contributed by atoms with Crippen molar-refractivity contribution >= 4 is 16.7 Å². The van der Waals surface area contributed by atoms with Crippen LogP contribution in [0.4, 0.5) is 5.69 Å². The maximum Gasteiger partial charge on any atom is 0.336 e. The first kappa shape index (κ1) is 18.6. The van der Waals surface area contributed by atoms with Crippen molar-refractivity contribution in [2.75, 3.05) is 11.6 Å². The van der Waals surface area contributed by atoms with Gasteiger partial charge in [0.1, 0.15) is 11.3 Å². The highest BCUT2D eigenvalue weighted by Crippen LogP contribution is 2.37. The molecule has 4 nitrogen and oxygen atoms in total. The summed E-state index contributed by atoms with van der Waals surface area (Å²) < 4.78 is 11.6. The van der Waals surface area contributed by atoms with Crippen molar-refractivity contribution in [1.29, 1.82) is 0 Å². The number of hydrogen-bond acceptors (Lipinski definition) is 4. The van der Waals surface area contributed by atoms with E-state index in [0.29, 0.717) is 12.3 Å². The average molecular weight is 377 g/mol. The minimum atomic E-state index is -0.298. The number of anilines is 1. The number of rotatable bonds is 5. The lowest BCUT2D eigenvalue weighted by molar-refractivity contribution is 0.287. The monoisotopic (exact) mass is 377 g/mol. The number of unbranched alkanes of at least 4 members (excludes halogenated alkanes) is 1. The predicted octanol–water partition coefficient (Wildman–Crippen LogP) is 5.36. The fourth-order valence-corrected chi connectivity index (χ4v) is 4.00. The van der Waals surface area contributed by atoms with E-state index in [0.717, 1.165) is 47.2 Å². The van der Waals surface area contributed by atoms with Crippen molar-refractivity contribution in [3.05, 3.63) is 69.1 Å². The average Bonchev–Trinajstić information content (AvgIpc) is 2.72. The molecule has 0 atom stereocenters. The van der Waals surface area contributed by atoms with E-state index in [-0.39, 0.29) is 5.63 Å². The van der Waals surface area contributed by atoms with E-state index in [1.807, 2.05) is 6.92 Å². The van der Waals surface area contributed by atoms with E-state index in [4.69, 9.17) is 9.15 Å². The second kappa shape index (κ2) is 7.70. The van der Waals surface area contributed by atoms with Gasteiger partial charge in [-0.15, -0.1) is 0 Å². The Kier molecular flexibility index (Phi) is 5.12. The lowest BCUT2D eigenvalue weighted by Crippen LogP contribution is -2.32. The summed E-state index contributed by atoms with van der Waals surface area (Å²) in [5.74, 6) is 0.847. The molecule has 0 saturated carbocycles. The molecule has 0 radical (unpaired) electrons. The first-order chi connectivity index (χ1) is 13.6. The van der Waals surface area contributed by atoms with Gasteiger partial charge in [-0.05, 0) is 55.5 Å². The Bertz CT molecular complexity index is 1050. The minimum Gasteiger partial charge on any atom is -0.472 e. The number of aryl methyl sites for hydroxylation is 3. The van der Waals surface area contributed by atoms with Crippen LogP contribution in [0.5, 0.6) is 5.75 Å². The van der Waals surface area contributed by atoms with Gasteiger partial charge in [-0.25, -0.2) is 4.79 Å². The highest BCUT2D eigenvalue weighted by atomic mass is 16.5. The molecule has 0 spiro atoms. The predicted molar refractivity (Wildman–Crippen MR) is 113 cm³/mol. The van der Waals surface area contributed by atoms with Crippen LogP contribution in [0.15, 0.2) is 45.6 Å². The van der Waals surface area contributed by atoms with Crippen molar-refractivity contribution in [3.8, 4) is 5.75 Å². The largest absolute Gasteiger partial charge is 0.472 e. The summed E-state index contributed by atoms with van der Waals surface area (Å²) >= 11 is 0. The van der Waals surface area contributed by atoms with E-state index in [1.165, 1.54) is 24.1 Å². The molecule has 2 aromatic carbocycles. The van der Waals surface area contributed by atoms with Crippen LogP contribution >= 0.6 is 0 Å². The Hall–Kier alpha value is -2.75. The molecule has 0 saturated heterocycles. The fraction of sp³-hybridized carbons (Fsp3) is 0.375. The third-order valence-corrected chi connectivity index (χ3v) is 5.60. The van der Waals surface area contributed by atoms with Crippen LogP contribution in [0.1, 0.15) is 48.9 Å². The molecule has 4 heteroatoms. The zero-order valence-electron chi connectivity index (χ0n) is 16.9. The van der Waals surface area contributed by atoms with Gasteiger partial charge < -0.3 is 14.1 Å². The number of nitrogens with zero attached hydrogens (tertiary/aromatic N) is 1. The van der Waals surface area contributed by atoms with Gasteiger partial charge in [-0.1, -0.05) is 32.4 Å². The molecule has 0 bridgehead atoms. The molecule has 3 aromatic rings. The van der Waals surface area contributed by atoms with Gasteiger partial charge in [-0.2, -0.15) is 0 Å². The van der Waals surface area contributed by atoms with Gasteiger partial charge in [0, 0.05) is 34.8 Å². The number of fused-ring (bicyclic) bond motifs is 2. The highest BCUT2D eigenvalue weighted by molar-refractivity contribution is 5.86. The molecule has 0 fully saturated rings. The van der Waals surface area contributed by atoms with Crippen molar-refractivity contribution in [2.24, 2.45) is 0 Å². The normalized spacial score (nSPS) is 13.5. The van der Waals surface area contributed by atoms with Crippen molar-refractivity contribution in [2.45, 2.75) is 53.0 Å². The number of benzene rings is 2. The third-order valence-electron chi connectivity index (χ3n) is 5.60. The maximum absolute atomic E-state index is 11.9. The topological polar surface area (TPSA) is 42.7 Å². The van der Waals surface area contributed by atoms with E-state index >= 15 is 0 Å². The molecule has 1 aromatic heterocycles. The molecule has 2 heterocycles.